The van der Waals surface area contributed by atoms with Crippen molar-refractivity contribution in [2.75, 3.05) is 13.2 Å². The van der Waals surface area contributed by atoms with Crippen LogP contribution in [0.2, 0.25) is 0 Å². The van der Waals surface area contributed by atoms with Crippen molar-refractivity contribution in [2.24, 2.45) is 0 Å². The molecular weight excluding hydrogens is 188 g/mol. The number of morpholine rings is 1. The van der Waals surface area contributed by atoms with Gasteiger partial charge in [-0.3, -0.25) is 4.90 Å². The highest BCUT2D eigenvalue weighted by molar-refractivity contribution is 4.90. The van der Waals surface area contributed by atoms with Gasteiger partial charge in [0.05, 0.1) is 19.3 Å². The Hall–Kier alpha value is -0.220. The molecule has 2 nitrogen and oxygen atoms in total. The second kappa shape index (κ2) is 4.11. The zero-order chi connectivity index (χ0) is 10.9. The van der Waals surface area contributed by atoms with Gasteiger partial charge in [-0.2, -0.15) is 0 Å². The first-order valence-corrected chi connectivity index (χ1v) is 4.98. The summed E-state index contributed by atoms with van der Waals surface area (Å²) in [5.74, 6) is 0. The van der Waals surface area contributed by atoms with Crippen LogP contribution in [0.15, 0.2) is 0 Å². The van der Waals surface area contributed by atoms with Crippen molar-refractivity contribution in [3.8, 4) is 0 Å². The Morgan fingerprint density at radius 1 is 1.29 bits per heavy atom. The molecule has 1 rings (SSSR count). The number of halogens is 2. The standard InChI is InChI=1S/C10H19F2NO/c1-7-5-14-6-8(9(11)12)13(7)10(2,3)4/h7-9H,5-6H2,1-4H3/t7-,8-/m1/s1. The van der Waals surface area contributed by atoms with E-state index in [4.69, 9.17) is 4.74 Å². The van der Waals surface area contributed by atoms with Gasteiger partial charge in [0.25, 0.3) is 6.43 Å². The molecule has 4 heteroatoms. The van der Waals surface area contributed by atoms with E-state index < -0.39 is 12.5 Å². The lowest BCUT2D eigenvalue weighted by molar-refractivity contribution is -0.129. The van der Waals surface area contributed by atoms with Crippen molar-refractivity contribution in [3.05, 3.63) is 0 Å². The summed E-state index contributed by atoms with van der Waals surface area (Å²) in [5, 5.41) is 0. The number of rotatable bonds is 1. The summed E-state index contributed by atoms with van der Waals surface area (Å²) in [6, 6.07) is -0.707. The molecule has 0 aromatic carbocycles. The highest BCUT2D eigenvalue weighted by atomic mass is 19.3. The fraction of sp³-hybridized carbons (Fsp3) is 1.00. The van der Waals surface area contributed by atoms with Gasteiger partial charge in [0.1, 0.15) is 0 Å². The highest BCUT2D eigenvalue weighted by Gasteiger charge is 2.40. The molecule has 84 valence electrons. The monoisotopic (exact) mass is 207 g/mol. The van der Waals surface area contributed by atoms with Crippen molar-refractivity contribution in [2.45, 2.75) is 51.7 Å². The number of nitrogens with zero attached hydrogens (tertiary/aromatic N) is 1. The summed E-state index contributed by atoms with van der Waals surface area (Å²) in [6.07, 6.45) is -2.34. The lowest BCUT2D eigenvalue weighted by atomic mass is 9.99. The number of hydrogen-bond acceptors (Lipinski definition) is 2. The first kappa shape index (κ1) is 11.9. The van der Waals surface area contributed by atoms with E-state index >= 15 is 0 Å². The van der Waals surface area contributed by atoms with E-state index in [1.54, 1.807) is 0 Å². The molecule has 2 atom stereocenters. The Morgan fingerprint density at radius 3 is 2.21 bits per heavy atom. The van der Waals surface area contributed by atoms with Crippen molar-refractivity contribution >= 4 is 0 Å². The molecule has 0 unspecified atom stereocenters. The van der Waals surface area contributed by atoms with Crippen LogP contribution in [0.5, 0.6) is 0 Å². The summed E-state index contributed by atoms with van der Waals surface area (Å²) in [5.41, 5.74) is -0.232. The van der Waals surface area contributed by atoms with Crippen LogP contribution in [-0.2, 0) is 4.74 Å². The van der Waals surface area contributed by atoms with E-state index in [0.29, 0.717) is 6.61 Å². The van der Waals surface area contributed by atoms with Crippen LogP contribution in [0.1, 0.15) is 27.7 Å². The van der Waals surface area contributed by atoms with Gasteiger partial charge in [0, 0.05) is 11.6 Å². The van der Waals surface area contributed by atoms with Crippen LogP contribution in [0, 0.1) is 0 Å². The molecule has 0 saturated carbocycles. The van der Waals surface area contributed by atoms with Gasteiger partial charge in [-0.15, -0.1) is 0 Å². The molecule has 0 N–H and O–H groups in total. The summed E-state index contributed by atoms with van der Waals surface area (Å²) >= 11 is 0. The van der Waals surface area contributed by atoms with Gasteiger partial charge in [0.15, 0.2) is 0 Å². The van der Waals surface area contributed by atoms with Gasteiger partial charge < -0.3 is 4.74 Å². The van der Waals surface area contributed by atoms with Crippen LogP contribution >= 0.6 is 0 Å². The number of ether oxygens (including phenoxy) is 1. The minimum absolute atomic E-state index is 0.0581. The van der Waals surface area contributed by atoms with E-state index in [2.05, 4.69) is 0 Å². The summed E-state index contributed by atoms with van der Waals surface area (Å²) < 4.78 is 30.7. The lowest BCUT2D eigenvalue weighted by Crippen LogP contribution is -2.61. The average Bonchev–Trinajstić information content (AvgIpc) is 2.01. The maximum Gasteiger partial charge on any atom is 0.256 e. The third-order valence-corrected chi connectivity index (χ3v) is 2.55. The summed E-state index contributed by atoms with van der Waals surface area (Å²) in [4.78, 5) is 1.86. The molecule has 0 aromatic heterocycles. The normalized spacial score (nSPS) is 31.1. The van der Waals surface area contributed by atoms with E-state index in [9.17, 15) is 8.78 Å². The third kappa shape index (κ3) is 2.42. The van der Waals surface area contributed by atoms with Crippen LogP contribution < -0.4 is 0 Å². The first-order chi connectivity index (χ1) is 6.34. The number of alkyl halides is 2. The molecule has 1 aliphatic heterocycles. The largest absolute Gasteiger partial charge is 0.378 e. The number of hydrogen-bond donors (Lipinski definition) is 0. The van der Waals surface area contributed by atoms with Crippen molar-refractivity contribution in [1.82, 2.24) is 4.90 Å². The second-order valence-electron chi connectivity index (χ2n) is 4.87. The molecule has 0 spiro atoms. The highest BCUT2D eigenvalue weighted by Crippen LogP contribution is 2.27. The third-order valence-electron chi connectivity index (χ3n) is 2.55. The van der Waals surface area contributed by atoms with Gasteiger partial charge >= 0.3 is 0 Å². The van der Waals surface area contributed by atoms with E-state index in [-0.39, 0.29) is 18.2 Å². The van der Waals surface area contributed by atoms with E-state index in [1.165, 1.54) is 0 Å². The van der Waals surface area contributed by atoms with Gasteiger partial charge in [-0.05, 0) is 27.7 Å². The smallest absolute Gasteiger partial charge is 0.256 e. The zero-order valence-electron chi connectivity index (χ0n) is 9.26. The molecule has 0 aromatic rings. The molecule has 0 amide bonds. The van der Waals surface area contributed by atoms with Crippen molar-refractivity contribution in [1.29, 1.82) is 0 Å². The first-order valence-electron chi connectivity index (χ1n) is 4.98. The maximum atomic E-state index is 12.8. The molecule has 0 radical (unpaired) electrons. The Morgan fingerprint density at radius 2 is 1.86 bits per heavy atom. The van der Waals surface area contributed by atoms with Crippen molar-refractivity contribution < 1.29 is 13.5 Å². The maximum absolute atomic E-state index is 12.8. The molecule has 0 bridgehead atoms. The summed E-state index contributed by atoms with van der Waals surface area (Å²) in [7, 11) is 0. The molecule has 1 aliphatic rings. The topological polar surface area (TPSA) is 12.5 Å². The molecule has 0 aliphatic carbocycles. The Bertz CT molecular complexity index is 191. The molecule has 1 fully saturated rings. The Balaban J connectivity index is 2.82. The Kier molecular flexibility index (Phi) is 3.48. The quantitative estimate of drug-likeness (QED) is 0.653. The fourth-order valence-electron chi connectivity index (χ4n) is 2.20. The Labute approximate surface area is 84.2 Å². The average molecular weight is 207 g/mol. The SMILES string of the molecule is C[C@@H]1COC[C@H](C(F)F)N1C(C)(C)C. The second-order valence-corrected chi connectivity index (χ2v) is 4.87. The van der Waals surface area contributed by atoms with Gasteiger partial charge in [-0.25, -0.2) is 8.78 Å². The molecule has 1 saturated heterocycles. The van der Waals surface area contributed by atoms with Crippen LogP contribution in [0.25, 0.3) is 0 Å². The molecule has 1 heterocycles. The van der Waals surface area contributed by atoms with Gasteiger partial charge in [0.2, 0.25) is 0 Å². The van der Waals surface area contributed by atoms with Crippen LogP contribution in [-0.4, -0.2) is 42.2 Å². The van der Waals surface area contributed by atoms with E-state index in [0.717, 1.165) is 0 Å². The minimum Gasteiger partial charge on any atom is -0.378 e. The predicted molar refractivity (Wildman–Crippen MR) is 51.7 cm³/mol. The van der Waals surface area contributed by atoms with Crippen molar-refractivity contribution in [3.63, 3.8) is 0 Å². The van der Waals surface area contributed by atoms with Crippen LogP contribution in [0.4, 0.5) is 8.78 Å². The minimum atomic E-state index is -2.34. The zero-order valence-corrected chi connectivity index (χ0v) is 9.26. The van der Waals surface area contributed by atoms with Crippen LogP contribution in [0.3, 0.4) is 0 Å². The lowest BCUT2D eigenvalue weighted by Gasteiger charge is -2.47. The summed E-state index contributed by atoms with van der Waals surface area (Å²) in [6.45, 7) is 8.50. The molecular formula is C10H19F2NO. The predicted octanol–water partition coefficient (Wildman–Crippen LogP) is 2.14. The molecule has 14 heavy (non-hydrogen) atoms. The fourth-order valence-corrected chi connectivity index (χ4v) is 2.20. The van der Waals surface area contributed by atoms with E-state index in [1.807, 2.05) is 32.6 Å². The van der Waals surface area contributed by atoms with Gasteiger partial charge in [-0.1, -0.05) is 0 Å².